The van der Waals surface area contributed by atoms with Crippen molar-refractivity contribution in [2.75, 3.05) is 17.7 Å². The molecule has 0 saturated carbocycles. The highest BCUT2D eigenvalue weighted by Crippen LogP contribution is 2.38. The van der Waals surface area contributed by atoms with Gasteiger partial charge in [-0.25, -0.2) is 13.2 Å². The predicted octanol–water partition coefficient (Wildman–Crippen LogP) is 2.48. The van der Waals surface area contributed by atoms with Crippen LogP contribution in [0.1, 0.15) is 15.9 Å². The number of para-hydroxylation sites is 1. The van der Waals surface area contributed by atoms with Gasteiger partial charge in [0.05, 0.1) is 16.1 Å². The predicted molar refractivity (Wildman–Crippen MR) is 83.7 cm³/mol. The summed E-state index contributed by atoms with van der Waals surface area (Å²) in [5, 5.41) is 9.08. The first-order valence-corrected chi connectivity index (χ1v) is 8.70. The molecule has 2 aromatic rings. The Hall–Kier alpha value is -2.34. The second kappa shape index (κ2) is 5.14. The number of fused-ring (bicyclic) bond motifs is 1. The number of benzene rings is 2. The van der Waals surface area contributed by atoms with E-state index in [0.717, 1.165) is 23.9 Å². The molecular weight excluding hydrogens is 302 g/mol. The molecule has 0 saturated heterocycles. The van der Waals surface area contributed by atoms with E-state index in [4.69, 9.17) is 5.11 Å². The summed E-state index contributed by atoms with van der Waals surface area (Å²) >= 11 is 0. The molecule has 1 aliphatic heterocycles. The molecule has 114 valence electrons. The maximum Gasteiger partial charge on any atom is 0.335 e. The number of rotatable bonds is 3. The summed E-state index contributed by atoms with van der Waals surface area (Å²) in [7, 11) is -3.53. The molecule has 22 heavy (non-hydrogen) atoms. The van der Waals surface area contributed by atoms with Gasteiger partial charge in [-0.05, 0) is 36.2 Å². The third kappa shape index (κ3) is 2.46. The van der Waals surface area contributed by atoms with Gasteiger partial charge in [0.1, 0.15) is 0 Å². The fourth-order valence-electron chi connectivity index (χ4n) is 2.76. The Balaban J connectivity index is 2.18. The van der Waals surface area contributed by atoms with Crippen molar-refractivity contribution in [1.29, 1.82) is 0 Å². The average molecular weight is 317 g/mol. The lowest BCUT2D eigenvalue weighted by atomic mass is 10.1. The third-order valence-electron chi connectivity index (χ3n) is 3.78. The Morgan fingerprint density at radius 3 is 2.55 bits per heavy atom. The maximum atomic E-state index is 12.1. The molecule has 0 unspecified atom stereocenters. The maximum absolute atomic E-state index is 12.1. The SMILES string of the molecule is CS(=O)(=O)c1cc(C(=O)O)ccc1N1CCc2ccccc21. The number of anilines is 2. The van der Waals surface area contributed by atoms with Gasteiger partial charge in [0.25, 0.3) is 0 Å². The minimum Gasteiger partial charge on any atom is -0.478 e. The Morgan fingerprint density at radius 2 is 1.86 bits per heavy atom. The van der Waals surface area contributed by atoms with Gasteiger partial charge in [0.15, 0.2) is 9.84 Å². The Labute approximate surface area is 128 Å². The molecule has 0 aliphatic carbocycles. The Morgan fingerprint density at radius 1 is 1.14 bits per heavy atom. The summed E-state index contributed by atoms with van der Waals surface area (Å²) in [6.07, 6.45) is 1.93. The van der Waals surface area contributed by atoms with E-state index in [1.807, 2.05) is 29.2 Å². The molecule has 3 rings (SSSR count). The van der Waals surface area contributed by atoms with Gasteiger partial charge in [0, 0.05) is 18.5 Å². The molecule has 2 aromatic carbocycles. The molecule has 0 aromatic heterocycles. The largest absolute Gasteiger partial charge is 0.478 e. The van der Waals surface area contributed by atoms with E-state index in [-0.39, 0.29) is 10.5 Å². The molecule has 0 radical (unpaired) electrons. The van der Waals surface area contributed by atoms with E-state index in [1.54, 1.807) is 6.07 Å². The van der Waals surface area contributed by atoms with Gasteiger partial charge in [0.2, 0.25) is 0 Å². The van der Waals surface area contributed by atoms with E-state index >= 15 is 0 Å². The van der Waals surface area contributed by atoms with Crippen molar-refractivity contribution in [2.45, 2.75) is 11.3 Å². The first-order chi connectivity index (χ1) is 10.4. The van der Waals surface area contributed by atoms with Crippen molar-refractivity contribution in [3.8, 4) is 0 Å². The van der Waals surface area contributed by atoms with Crippen molar-refractivity contribution in [3.05, 3.63) is 53.6 Å². The molecule has 0 amide bonds. The molecule has 1 aliphatic rings. The van der Waals surface area contributed by atoms with Crippen LogP contribution in [0.15, 0.2) is 47.4 Å². The summed E-state index contributed by atoms with van der Waals surface area (Å²) in [5.74, 6) is -1.14. The number of nitrogens with zero attached hydrogens (tertiary/aromatic N) is 1. The Bertz CT molecular complexity index is 858. The number of aromatic carboxylic acids is 1. The molecule has 5 nitrogen and oxygen atoms in total. The number of hydrogen-bond acceptors (Lipinski definition) is 4. The van der Waals surface area contributed by atoms with Crippen LogP contribution in [0.2, 0.25) is 0 Å². The summed E-state index contributed by atoms with van der Waals surface area (Å²) in [6.45, 7) is 0.675. The zero-order valence-corrected chi connectivity index (χ0v) is 12.8. The highest BCUT2D eigenvalue weighted by Gasteiger charge is 2.25. The van der Waals surface area contributed by atoms with Crippen LogP contribution in [-0.4, -0.2) is 32.3 Å². The van der Waals surface area contributed by atoms with Crippen LogP contribution in [0, 0.1) is 0 Å². The fourth-order valence-corrected chi connectivity index (χ4v) is 3.65. The van der Waals surface area contributed by atoms with Crippen molar-refractivity contribution < 1.29 is 18.3 Å². The second-order valence-electron chi connectivity index (χ2n) is 5.29. The van der Waals surface area contributed by atoms with E-state index in [0.29, 0.717) is 12.2 Å². The average Bonchev–Trinajstić information content (AvgIpc) is 2.89. The second-order valence-corrected chi connectivity index (χ2v) is 7.27. The fraction of sp³-hybridized carbons (Fsp3) is 0.188. The lowest BCUT2D eigenvalue weighted by Crippen LogP contribution is -2.17. The zero-order valence-electron chi connectivity index (χ0n) is 12.0. The van der Waals surface area contributed by atoms with Gasteiger partial charge in [-0.1, -0.05) is 18.2 Å². The summed E-state index contributed by atoms with van der Waals surface area (Å²) in [5.41, 5.74) is 2.62. The molecule has 0 bridgehead atoms. The minimum absolute atomic E-state index is 0.0309. The highest BCUT2D eigenvalue weighted by atomic mass is 32.2. The summed E-state index contributed by atoms with van der Waals surface area (Å²) in [6, 6.07) is 12.1. The van der Waals surface area contributed by atoms with E-state index in [9.17, 15) is 13.2 Å². The number of hydrogen-bond donors (Lipinski definition) is 1. The van der Waals surface area contributed by atoms with Crippen LogP contribution in [0.5, 0.6) is 0 Å². The van der Waals surface area contributed by atoms with Gasteiger partial charge < -0.3 is 10.0 Å². The zero-order chi connectivity index (χ0) is 15.9. The van der Waals surface area contributed by atoms with Crippen LogP contribution >= 0.6 is 0 Å². The van der Waals surface area contributed by atoms with E-state index in [1.165, 1.54) is 12.1 Å². The number of carboxylic acid groups (broad SMARTS) is 1. The van der Waals surface area contributed by atoms with Crippen LogP contribution in [0.4, 0.5) is 11.4 Å². The topological polar surface area (TPSA) is 74.7 Å². The first-order valence-electron chi connectivity index (χ1n) is 6.81. The molecule has 0 spiro atoms. The van der Waals surface area contributed by atoms with Crippen LogP contribution in [0.25, 0.3) is 0 Å². The van der Waals surface area contributed by atoms with Gasteiger partial charge in [-0.3, -0.25) is 0 Å². The molecular formula is C16H15NO4S. The number of carbonyl (C=O) groups is 1. The highest BCUT2D eigenvalue weighted by molar-refractivity contribution is 7.90. The molecule has 1 heterocycles. The third-order valence-corrected chi connectivity index (χ3v) is 4.91. The molecule has 6 heteroatoms. The van der Waals surface area contributed by atoms with Gasteiger partial charge in [-0.2, -0.15) is 0 Å². The van der Waals surface area contributed by atoms with Crippen LogP contribution in [0.3, 0.4) is 0 Å². The van der Waals surface area contributed by atoms with Crippen molar-refractivity contribution in [2.24, 2.45) is 0 Å². The monoisotopic (exact) mass is 317 g/mol. The van der Waals surface area contributed by atoms with E-state index < -0.39 is 15.8 Å². The molecule has 0 fully saturated rings. The summed E-state index contributed by atoms with van der Waals surface area (Å²) < 4.78 is 24.2. The summed E-state index contributed by atoms with van der Waals surface area (Å²) in [4.78, 5) is 13.1. The first kappa shape index (κ1) is 14.6. The smallest absolute Gasteiger partial charge is 0.335 e. The number of sulfone groups is 1. The quantitative estimate of drug-likeness (QED) is 0.941. The number of carboxylic acids is 1. The van der Waals surface area contributed by atoms with Gasteiger partial charge >= 0.3 is 5.97 Å². The van der Waals surface area contributed by atoms with E-state index in [2.05, 4.69) is 0 Å². The molecule has 1 N–H and O–H groups in total. The van der Waals surface area contributed by atoms with Crippen LogP contribution < -0.4 is 4.90 Å². The lowest BCUT2D eigenvalue weighted by Gasteiger charge is -2.22. The Kier molecular flexibility index (Phi) is 3.41. The van der Waals surface area contributed by atoms with Crippen molar-refractivity contribution in [1.82, 2.24) is 0 Å². The normalized spacial score (nSPS) is 14.0. The lowest BCUT2D eigenvalue weighted by molar-refractivity contribution is 0.0696. The standard InChI is InChI=1S/C16H15NO4S/c1-22(20,21)15-10-12(16(18)19)6-7-14(15)17-9-8-11-4-2-3-5-13(11)17/h2-7,10H,8-9H2,1H3,(H,18,19). The minimum atomic E-state index is -3.53. The molecule has 0 atom stereocenters. The van der Waals surface area contributed by atoms with Gasteiger partial charge in [-0.15, -0.1) is 0 Å². The van der Waals surface area contributed by atoms with Crippen LogP contribution in [-0.2, 0) is 16.3 Å². The van der Waals surface area contributed by atoms with Crippen molar-refractivity contribution in [3.63, 3.8) is 0 Å². The van der Waals surface area contributed by atoms with Crippen molar-refractivity contribution >= 4 is 27.2 Å².